The Morgan fingerprint density at radius 3 is 2.73 bits per heavy atom. The van der Waals surface area contributed by atoms with Gasteiger partial charge in [-0.25, -0.2) is 0 Å². The maximum atomic E-state index is 11.5. The lowest BCUT2D eigenvalue weighted by atomic mass is 10.2. The molecule has 6 nitrogen and oxygen atoms in total. The molecule has 86 valence electrons. The molecule has 0 aromatic heterocycles. The molecule has 1 aliphatic rings. The average molecular weight is 216 g/mol. The first-order valence-corrected chi connectivity index (χ1v) is 4.93. The minimum Gasteiger partial charge on any atom is -0.480 e. The van der Waals surface area contributed by atoms with E-state index in [1.165, 1.54) is 6.92 Å². The monoisotopic (exact) mass is 216 g/mol. The molecule has 3 atom stereocenters. The van der Waals surface area contributed by atoms with Crippen molar-refractivity contribution in [2.24, 2.45) is 5.73 Å². The van der Waals surface area contributed by atoms with Crippen molar-refractivity contribution < 1.29 is 19.4 Å². The molecule has 0 spiro atoms. The van der Waals surface area contributed by atoms with Crippen molar-refractivity contribution in [2.45, 2.75) is 38.0 Å². The van der Waals surface area contributed by atoms with Gasteiger partial charge in [-0.2, -0.15) is 0 Å². The maximum absolute atomic E-state index is 11.5. The topological polar surface area (TPSA) is 102 Å². The van der Waals surface area contributed by atoms with Crippen LogP contribution in [0.5, 0.6) is 0 Å². The van der Waals surface area contributed by atoms with Crippen LogP contribution in [-0.2, 0) is 14.3 Å². The molecule has 1 heterocycles. The second kappa shape index (κ2) is 5.09. The van der Waals surface area contributed by atoms with Crippen molar-refractivity contribution in [3.05, 3.63) is 0 Å². The molecule has 0 saturated carbocycles. The van der Waals surface area contributed by atoms with Crippen LogP contribution in [0.3, 0.4) is 0 Å². The van der Waals surface area contributed by atoms with Crippen molar-refractivity contribution in [3.63, 3.8) is 0 Å². The largest absolute Gasteiger partial charge is 0.480 e. The number of aliphatic carboxylic acids is 1. The molecule has 0 radical (unpaired) electrons. The summed E-state index contributed by atoms with van der Waals surface area (Å²) in [6, 6.07) is -0.891. The maximum Gasteiger partial charge on any atom is 0.325 e. The summed E-state index contributed by atoms with van der Waals surface area (Å²) in [4.78, 5) is 22.0. The molecular formula is C9H16N2O4. The van der Waals surface area contributed by atoms with Gasteiger partial charge in [0.15, 0.2) is 0 Å². The van der Waals surface area contributed by atoms with E-state index in [1.54, 1.807) is 0 Å². The molecule has 1 rings (SSSR count). The quantitative estimate of drug-likeness (QED) is 0.564. The van der Waals surface area contributed by atoms with Gasteiger partial charge in [-0.15, -0.1) is 0 Å². The Morgan fingerprint density at radius 2 is 2.27 bits per heavy atom. The number of rotatable bonds is 4. The molecule has 1 amide bonds. The minimum atomic E-state index is -1.06. The summed E-state index contributed by atoms with van der Waals surface area (Å²) < 4.78 is 5.32. The van der Waals surface area contributed by atoms with Gasteiger partial charge < -0.3 is 20.9 Å². The van der Waals surface area contributed by atoms with Gasteiger partial charge in [0, 0.05) is 6.54 Å². The SMILES string of the molecule is CC(NC(=O)C1CCC(CN)O1)C(=O)O. The highest BCUT2D eigenvalue weighted by Gasteiger charge is 2.31. The zero-order valence-corrected chi connectivity index (χ0v) is 8.60. The van der Waals surface area contributed by atoms with Crippen molar-refractivity contribution in [2.75, 3.05) is 6.54 Å². The smallest absolute Gasteiger partial charge is 0.325 e. The molecule has 6 heteroatoms. The molecule has 0 aliphatic carbocycles. The number of carbonyl (C=O) groups is 2. The predicted molar refractivity (Wildman–Crippen MR) is 52.2 cm³/mol. The Hall–Kier alpha value is -1.14. The highest BCUT2D eigenvalue weighted by atomic mass is 16.5. The van der Waals surface area contributed by atoms with E-state index < -0.39 is 18.1 Å². The van der Waals surface area contributed by atoms with Crippen LogP contribution >= 0.6 is 0 Å². The van der Waals surface area contributed by atoms with Crippen molar-refractivity contribution in [3.8, 4) is 0 Å². The van der Waals surface area contributed by atoms with Crippen LogP contribution in [-0.4, -0.2) is 41.8 Å². The van der Waals surface area contributed by atoms with Crippen LogP contribution in [0.25, 0.3) is 0 Å². The van der Waals surface area contributed by atoms with Gasteiger partial charge in [-0.1, -0.05) is 0 Å². The third-order valence-electron chi connectivity index (χ3n) is 2.39. The third-order valence-corrected chi connectivity index (χ3v) is 2.39. The highest BCUT2D eigenvalue weighted by molar-refractivity contribution is 5.86. The van der Waals surface area contributed by atoms with E-state index in [2.05, 4.69) is 5.32 Å². The van der Waals surface area contributed by atoms with Crippen LogP contribution in [0, 0.1) is 0 Å². The Bertz CT molecular complexity index is 256. The van der Waals surface area contributed by atoms with E-state index in [0.29, 0.717) is 13.0 Å². The second-order valence-corrected chi connectivity index (χ2v) is 3.63. The van der Waals surface area contributed by atoms with Crippen molar-refractivity contribution >= 4 is 11.9 Å². The average Bonchev–Trinajstić information content (AvgIpc) is 2.65. The number of carboxylic acid groups (broad SMARTS) is 1. The van der Waals surface area contributed by atoms with E-state index >= 15 is 0 Å². The van der Waals surface area contributed by atoms with Crippen LogP contribution in [0.1, 0.15) is 19.8 Å². The van der Waals surface area contributed by atoms with Gasteiger partial charge in [-0.3, -0.25) is 9.59 Å². The summed E-state index contributed by atoms with van der Waals surface area (Å²) in [6.07, 6.45) is 0.706. The Balaban J connectivity index is 2.38. The molecule has 1 fully saturated rings. The number of ether oxygens (including phenoxy) is 1. The van der Waals surface area contributed by atoms with Gasteiger partial charge in [0.2, 0.25) is 5.91 Å². The zero-order chi connectivity index (χ0) is 11.4. The molecule has 1 saturated heterocycles. The fraction of sp³-hybridized carbons (Fsp3) is 0.778. The summed E-state index contributed by atoms with van der Waals surface area (Å²) in [5.74, 6) is -1.43. The Morgan fingerprint density at radius 1 is 1.60 bits per heavy atom. The lowest BCUT2D eigenvalue weighted by Crippen LogP contribution is -2.44. The summed E-state index contributed by atoms with van der Waals surface area (Å²) in [5, 5.41) is 11.0. The standard InChI is InChI=1S/C9H16N2O4/c1-5(9(13)14)11-8(12)7-3-2-6(4-10)15-7/h5-7H,2-4,10H2,1H3,(H,11,12)(H,13,14). The number of hydrogen-bond donors (Lipinski definition) is 3. The van der Waals surface area contributed by atoms with Crippen molar-refractivity contribution in [1.29, 1.82) is 0 Å². The predicted octanol–water partition coefficient (Wildman–Crippen LogP) is -0.918. The molecule has 15 heavy (non-hydrogen) atoms. The molecule has 3 unspecified atom stereocenters. The van der Waals surface area contributed by atoms with Gasteiger partial charge in [-0.05, 0) is 19.8 Å². The lowest BCUT2D eigenvalue weighted by Gasteiger charge is -2.14. The fourth-order valence-corrected chi connectivity index (χ4v) is 1.44. The van der Waals surface area contributed by atoms with Gasteiger partial charge >= 0.3 is 5.97 Å². The number of carboxylic acids is 1. The third kappa shape index (κ3) is 3.17. The summed E-state index contributed by atoms with van der Waals surface area (Å²) in [6.45, 7) is 1.80. The molecular weight excluding hydrogens is 200 g/mol. The normalized spacial score (nSPS) is 27.3. The first kappa shape index (κ1) is 11.9. The van der Waals surface area contributed by atoms with E-state index in [-0.39, 0.29) is 12.0 Å². The fourth-order valence-electron chi connectivity index (χ4n) is 1.44. The molecule has 4 N–H and O–H groups in total. The first-order chi connectivity index (χ1) is 7.04. The minimum absolute atomic E-state index is 0.0825. The Labute approximate surface area is 87.8 Å². The van der Waals surface area contributed by atoms with Crippen LogP contribution < -0.4 is 11.1 Å². The summed E-state index contributed by atoms with van der Waals surface area (Å²) in [5.41, 5.74) is 5.39. The molecule has 0 aromatic rings. The highest BCUT2D eigenvalue weighted by Crippen LogP contribution is 2.18. The number of hydrogen-bond acceptors (Lipinski definition) is 4. The van der Waals surface area contributed by atoms with Gasteiger partial charge in [0.25, 0.3) is 0 Å². The van der Waals surface area contributed by atoms with Crippen LogP contribution in [0.2, 0.25) is 0 Å². The summed E-state index contributed by atoms with van der Waals surface area (Å²) >= 11 is 0. The number of nitrogens with one attached hydrogen (secondary N) is 1. The van der Waals surface area contributed by atoms with E-state index in [9.17, 15) is 9.59 Å². The van der Waals surface area contributed by atoms with Crippen molar-refractivity contribution in [1.82, 2.24) is 5.32 Å². The van der Waals surface area contributed by atoms with Gasteiger partial charge in [0.05, 0.1) is 6.10 Å². The molecule has 0 aromatic carbocycles. The Kier molecular flexibility index (Phi) is 4.05. The summed E-state index contributed by atoms with van der Waals surface area (Å²) in [7, 11) is 0. The van der Waals surface area contributed by atoms with E-state index in [0.717, 1.165) is 6.42 Å². The van der Waals surface area contributed by atoms with E-state index in [1.807, 2.05) is 0 Å². The van der Waals surface area contributed by atoms with E-state index in [4.69, 9.17) is 15.6 Å². The lowest BCUT2D eigenvalue weighted by molar-refractivity contribution is -0.143. The molecule has 1 aliphatic heterocycles. The second-order valence-electron chi connectivity index (χ2n) is 3.63. The molecule has 0 bridgehead atoms. The number of nitrogens with two attached hydrogens (primary N) is 1. The van der Waals surface area contributed by atoms with Crippen LogP contribution in [0.15, 0.2) is 0 Å². The zero-order valence-electron chi connectivity index (χ0n) is 8.60. The number of amides is 1. The van der Waals surface area contributed by atoms with Crippen LogP contribution in [0.4, 0.5) is 0 Å². The first-order valence-electron chi connectivity index (χ1n) is 4.93. The van der Waals surface area contributed by atoms with Gasteiger partial charge in [0.1, 0.15) is 12.1 Å². The number of carbonyl (C=O) groups excluding carboxylic acids is 1.